The maximum absolute atomic E-state index is 11.6. The van der Waals surface area contributed by atoms with Crippen LogP contribution in [0.1, 0.15) is 110 Å². The van der Waals surface area contributed by atoms with E-state index in [1.807, 2.05) is 0 Å². The molecule has 1 heterocycles. The van der Waals surface area contributed by atoms with Crippen LogP contribution in [-0.2, 0) is 19.2 Å². The van der Waals surface area contributed by atoms with Gasteiger partial charge in [-0.2, -0.15) is 0 Å². The third kappa shape index (κ3) is 11.6. The zero-order chi connectivity index (χ0) is 19.7. The smallest absolute Gasteiger partial charge is 0.330 e. The van der Waals surface area contributed by atoms with Crippen LogP contribution in [0.5, 0.6) is 0 Å². The first kappa shape index (κ1) is 23.4. The second-order valence-electron chi connectivity index (χ2n) is 7.38. The monoisotopic (exact) mass is 379 g/mol. The van der Waals surface area contributed by atoms with Crippen LogP contribution in [0.25, 0.3) is 0 Å². The van der Waals surface area contributed by atoms with E-state index in [0.717, 1.165) is 25.7 Å². The Kier molecular flexibility index (Phi) is 13.4. The SMILES string of the molecule is CCCCCCCC/C=C\CCCCCCCC(=O)ON1C(=O)CCC1=O. The lowest BCUT2D eigenvalue weighted by Gasteiger charge is -2.12. The Balaban J connectivity index is 1.86. The number of nitrogens with zero attached hydrogens (tertiary/aromatic N) is 1. The third-order valence-electron chi connectivity index (χ3n) is 4.84. The second kappa shape index (κ2) is 15.4. The number of imide groups is 1. The molecule has 0 saturated carbocycles. The molecule has 1 saturated heterocycles. The van der Waals surface area contributed by atoms with Crippen molar-refractivity contribution in [1.82, 2.24) is 5.06 Å². The molecule has 0 aliphatic carbocycles. The van der Waals surface area contributed by atoms with E-state index < -0.39 is 17.8 Å². The zero-order valence-electron chi connectivity index (χ0n) is 17.0. The van der Waals surface area contributed by atoms with Gasteiger partial charge in [-0.1, -0.05) is 70.4 Å². The van der Waals surface area contributed by atoms with Gasteiger partial charge in [0.15, 0.2) is 0 Å². The number of unbranched alkanes of at least 4 members (excludes halogenated alkanes) is 11. The van der Waals surface area contributed by atoms with Crippen molar-refractivity contribution >= 4 is 17.8 Å². The Labute approximate surface area is 164 Å². The summed E-state index contributed by atoms with van der Waals surface area (Å²) in [6.45, 7) is 2.25. The molecule has 2 amide bonds. The van der Waals surface area contributed by atoms with Crippen molar-refractivity contribution in [3.63, 3.8) is 0 Å². The number of carbonyl (C=O) groups is 3. The lowest BCUT2D eigenvalue weighted by molar-refractivity contribution is -0.197. The summed E-state index contributed by atoms with van der Waals surface area (Å²) in [6, 6.07) is 0. The summed E-state index contributed by atoms with van der Waals surface area (Å²) >= 11 is 0. The topological polar surface area (TPSA) is 63.7 Å². The molecule has 5 nitrogen and oxygen atoms in total. The van der Waals surface area contributed by atoms with Gasteiger partial charge in [0.2, 0.25) is 0 Å². The Morgan fingerprint density at radius 2 is 1.30 bits per heavy atom. The van der Waals surface area contributed by atoms with Crippen molar-refractivity contribution in [2.45, 2.75) is 110 Å². The molecular weight excluding hydrogens is 342 g/mol. The summed E-state index contributed by atoms with van der Waals surface area (Å²) in [4.78, 5) is 39.2. The molecular formula is C22H37NO4. The van der Waals surface area contributed by atoms with Gasteiger partial charge in [0.05, 0.1) is 0 Å². The van der Waals surface area contributed by atoms with Gasteiger partial charge < -0.3 is 4.84 Å². The Morgan fingerprint density at radius 1 is 0.815 bits per heavy atom. The minimum absolute atomic E-state index is 0.138. The Morgan fingerprint density at radius 3 is 1.85 bits per heavy atom. The quantitative estimate of drug-likeness (QED) is 0.198. The highest BCUT2D eigenvalue weighted by atomic mass is 16.7. The number of allylic oxidation sites excluding steroid dienone is 2. The highest BCUT2D eigenvalue weighted by Crippen LogP contribution is 2.14. The summed E-state index contributed by atoms with van der Waals surface area (Å²) in [7, 11) is 0. The first-order valence-electron chi connectivity index (χ1n) is 10.9. The lowest BCUT2D eigenvalue weighted by atomic mass is 10.1. The standard InChI is InChI=1S/C22H37NO4/c1-2-3-4-5-6-7-8-9-10-11-12-13-14-15-16-17-22(26)27-23-20(24)18-19-21(23)25/h9-10H,2-8,11-19H2,1H3/b10-9-. The minimum atomic E-state index is -0.490. The number of hydrogen-bond acceptors (Lipinski definition) is 4. The zero-order valence-corrected chi connectivity index (χ0v) is 17.0. The first-order chi connectivity index (χ1) is 13.1. The van der Waals surface area contributed by atoms with Crippen LogP contribution in [0.15, 0.2) is 12.2 Å². The molecule has 0 radical (unpaired) electrons. The molecule has 0 bridgehead atoms. The Hall–Kier alpha value is -1.65. The predicted octanol–water partition coefficient (Wildman–Crippen LogP) is 5.63. The van der Waals surface area contributed by atoms with Crippen molar-refractivity contribution in [3.05, 3.63) is 12.2 Å². The summed E-state index contributed by atoms with van der Waals surface area (Å²) in [6.07, 6.45) is 20.8. The molecule has 0 aromatic rings. The molecule has 0 N–H and O–H groups in total. The first-order valence-corrected chi connectivity index (χ1v) is 10.9. The molecule has 0 aromatic heterocycles. The van der Waals surface area contributed by atoms with E-state index in [1.54, 1.807) is 0 Å². The van der Waals surface area contributed by atoms with Crippen molar-refractivity contribution in [2.75, 3.05) is 0 Å². The fraction of sp³-hybridized carbons (Fsp3) is 0.773. The molecule has 1 aliphatic rings. The second-order valence-corrected chi connectivity index (χ2v) is 7.38. The fourth-order valence-corrected chi connectivity index (χ4v) is 3.15. The highest BCUT2D eigenvalue weighted by molar-refractivity contribution is 6.01. The molecule has 1 fully saturated rings. The van der Waals surface area contributed by atoms with E-state index in [2.05, 4.69) is 19.1 Å². The normalized spacial score (nSPS) is 14.5. The molecule has 5 heteroatoms. The van der Waals surface area contributed by atoms with Gasteiger partial charge in [-0.25, -0.2) is 4.79 Å². The van der Waals surface area contributed by atoms with Gasteiger partial charge in [-0.15, -0.1) is 5.06 Å². The van der Waals surface area contributed by atoms with Crippen molar-refractivity contribution < 1.29 is 19.2 Å². The van der Waals surface area contributed by atoms with Crippen LogP contribution in [0.4, 0.5) is 0 Å². The lowest BCUT2D eigenvalue weighted by Crippen LogP contribution is -2.31. The highest BCUT2D eigenvalue weighted by Gasteiger charge is 2.32. The molecule has 0 atom stereocenters. The maximum atomic E-state index is 11.6. The molecule has 1 aliphatic heterocycles. The van der Waals surface area contributed by atoms with E-state index in [0.29, 0.717) is 5.06 Å². The molecule has 1 rings (SSSR count). The van der Waals surface area contributed by atoms with Crippen LogP contribution < -0.4 is 0 Å². The molecule has 0 unspecified atom stereocenters. The van der Waals surface area contributed by atoms with E-state index >= 15 is 0 Å². The fourth-order valence-electron chi connectivity index (χ4n) is 3.15. The van der Waals surface area contributed by atoms with Crippen LogP contribution in [-0.4, -0.2) is 22.8 Å². The van der Waals surface area contributed by atoms with Gasteiger partial charge in [-0.3, -0.25) is 9.59 Å². The molecule has 27 heavy (non-hydrogen) atoms. The summed E-state index contributed by atoms with van der Waals surface area (Å²) in [5.41, 5.74) is 0. The van der Waals surface area contributed by atoms with Crippen LogP contribution >= 0.6 is 0 Å². The van der Waals surface area contributed by atoms with E-state index in [1.165, 1.54) is 57.8 Å². The van der Waals surface area contributed by atoms with Gasteiger partial charge in [0.1, 0.15) is 0 Å². The average molecular weight is 380 g/mol. The average Bonchev–Trinajstić information content (AvgIpc) is 2.97. The van der Waals surface area contributed by atoms with Crippen LogP contribution in [0.2, 0.25) is 0 Å². The van der Waals surface area contributed by atoms with Crippen LogP contribution in [0, 0.1) is 0 Å². The molecule has 154 valence electrons. The molecule has 0 spiro atoms. The van der Waals surface area contributed by atoms with Crippen molar-refractivity contribution in [2.24, 2.45) is 0 Å². The number of rotatable bonds is 16. The number of hydrogen-bond donors (Lipinski definition) is 0. The summed E-state index contributed by atoms with van der Waals surface area (Å²) in [5.74, 6) is -1.33. The van der Waals surface area contributed by atoms with Gasteiger partial charge in [0, 0.05) is 19.3 Å². The largest absolute Gasteiger partial charge is 0.333 e. The summed E-state index contributed by atoms with van der Waals surface area (Å²) < 4.78 is 0. The van der Waals surface area contributed by atoms with E-state index in [4.69, 9.17) is 4.84 Å². The van der Waals surface area contributed by atoms with Gasteiger partial charge in [-0.05, 0) is 32.1 Å². The van der Waals surface area contributed by atoms with E-state index in [9.17, 15) is 14.4 Å². The van der Waals surface area contributed by atoms with Crippen LogP contribution in [0.3, 0.4) is 0 Å². The maximum Gasteiger partial charge on any atom is 0.333 e. The van der Waals surface area contributed by atoms with E-state index in [-0.39, 0.29) is 19.3 Å². The Bertz CT molecular complexity index is 457. The van der Waals surface area contributed by atoms with Gasteiger partial charge >= 0.3 is 5.97 Å². The number of carbonyl (C=O) groups excluding carboxylic acids is 3. The van der Waals surface area contributed by atoms with Gasteiger partial charge in [0.25, 0.3) is 11.8 Å². The minimum Gasteiger partial charge on any atom is -0.330 e. The van der Waals surface area contributed by atoms with Crippen molar-refractivity contribution in [1.29, 1.82) is 0 Å². The third-order valence-corrected chi connectivity index (χ3v) is 4.84. The number of hydroxylamine groups is 2. The predicted molar refractivity (Wildman–Crippen MR) is 107 cm³/mol. The molecule has 0 aromatic carbocycles. The van der Waals surface area contributed by atoms with Crippen molar-refractivity contribution in [3.8, 4) is 0 Å². The summed E-state index contributed by atoms with van der Waals surface area (Å²) in [5, 5.41) is 0.625. The number of amides is 2.